The lowest BCUT2D eigenvalue weighted by atomic mass is 9.80. The molecule has 1 aliphatic carbocycles. The Morgan fingerprint density at radius 1 is 1.27 bits per heavy atom. The first-order chi connectivity index (χ1) is 7.16. The Balaban J connectivity index is 2.12. The quantitative estimate of drug-likeness (QED) is 0.762. The molecule has 0 bridgehead atoms. The van der Waals surface area contributed by atoms with Crippen molar-refractivity contribution < 1.29 is 0 Å². The van der Waals surface area contributed by atoms with Crippen molar-refractivity contribution in [3.8, 4) is 0 Å². The lowest BCUT2D eigenvalue weighted by Gasteiger charge is -2.26. The predicted octanol–water partition coefficient (Wildman–Crippen LogP) is 3.27. The summed E-state index contributed by atoms with van der Waals surface area (Å²) >= 11 is 0. The first-order valence-electron chi connectivity index (χ1n) is 5.89. The SMILES string of the molecule is Cc1ncc(C2CCC(C)CC2)cc1N. The number of nitrogens with zero attached hydrogens (tertiary/aromatic N) is 1. The van der Waals surface area contributed by atoms with Crippen molar-refractivity contribution in [2.75, 3.05) is 5.73 Å². The molecule has 1 fully saturated rings. The molecule has 2 rings (SSSR count). The van der Waals surface area contributed by atoms with E-state index in [4.69, 9.17) is 5.73 Å². The smallest absolute Gasteiger partial charge is 0.0601 e. The zero-order chi connectivity index (χ0) is 10.8. The minimum Gasteiger partial charge on any atom is -0.397 e. The number of aromatic nitrogens is 1. The van der Waals surface area contributed by atoms with Gasteiger partial charge in [-0.25, -0.2) is 0 Å². The maximum Gasteiger partial charge on any atom is 0.0601 e. The molecule has 0 unspecified atom stereocenters. The number of hydrogen-bond acceptors (Lipinski definition) is 2. The molecular formula is C13H20N2. The predicted molar refractivity (Wildman–Crippen MR) is 63.8 cm³/mol. The molecule has 0 aromatic carbocycles. The highest BCUT2D eigenvalue weighted by atomic mass is 14.7. The van der Waals surface area contributed by atoms with E-state index in [9.17, 15) is 0 Å². The summed E-state index contributed by atoms with van der Waals surface area (Å²) < 4.78 is 0. The molecule has 0 atom stereocenters. The third-order valence-electron chi connectivity index (χ3n) is 3.63. The average Bonchev–Trinajstić information content (AvgIpc) is 2.23. The molecule has 1 heterocycles. The van der Waals surface area contributed by atoms with E-state index >= 15 is 0 Å². The lowest BCUT2D eigenvalue weighted by Crippen LogP contribution is -2.11. The summed E-state index contributed by atoms with van der Waals surface area (Å²) in [7, 11) is 0. The van der Waals surface area contributed by atoms with Crippen molar-refractivity contribution in [2.24, 2.45) is 5.92 Å². The molecule has 2 N–H and O–H groups in total. The number of hydrogen-bond donors (Lipinski definition) is 1. The van der Waals surface area contributed by atoms with Crippen molar-refractivity contribution >= 4 is 5.69 Å². The Kier molecular flexibility index (Phi) is 2.94. The Morgan fingerprint density at radius 2 is 1.93 bits per heavy atom. The first-order valence-corrected chi connectivity index (χ1v) is 5.89. The summed E-state index contributed by atoms with van der Waals surface area (Å²) in [6.45, 7) is 4.31. The van der Waals surface area contributed by atoms with Crippen LogP contribution in [0.1, 0.15) is 49.8 Å². The largest absolute Gasteiger partial charge is 0.397 e. The van der Waals surface area contributed by atoms with E-state index in [2.05, 4.69) is 18.0 Å². The Bertz CT molecular complexity index is 338. The van der Waals surface area contributed by atoms with Gasteiger partial charge in [-0.2, -0.15) is 0 Å². The number of nitrogen functional groups attached to an aromatic ring is 1. The second-order valence-corrected chi connectivity index (χ2v) is 4.90. The summed E-state index contributed by atoms with van der Waals surface area (Å²) in [6, 6.07) is 2.11. The zero-order valence-electron chi connectivity index (χ0n) is 9.66. The number of pyridine rings is 1. The second-order valence-electron chi connectivity index (χ2n) is 4.90. The fraction of sp³-hybridized carbons (Fsp3) is 0.615. The summed E-state index contributed by atoms with van der Waals surface area (Å²) in [6.07, 6.45) is 7.29. The van der Waals surface area contributed by atoms with Crippen molar-refractivity contribution in [3.63, 3.8) is 0 Å². The number of rotatable bonds is 1. The molecule has 2 nitrogen and oxygen atoms in total. The van der Waals surface area contributed by atoms with E-state index in [-0.39, 0.29) is 0 Å². The van der Waals surface area contributed by atoms with Crippen molar-refractivity contribution in [1.29, 1.82) is 0 Å². The molecule has 1 aromatic rings. The van der Waals surface area contributed by atoms with E-state index < -0.39 is 0 Å². The molecule has 1 aromatic heterocycles. The highest BCUT2D eigenvalue weighted by molar-refractivity contribution is 5.44. The Morgan fingerprint density at radius 3 is 2.53 bits per heavy atom. The summed E-state index contributed by atoms with van der Waals surface area (Å²) in [5.41, 5.74) is 9.02. The number of nitrogens with two attached hydrogens (primary N) is 1. The molecule has 15 heavy (non-hydrogen) atoms. The molecule has 0 amide bonds. The Labute approximate surface area is 91.9 Å². The van der Waals surface area contributed by atoms with Crippen LogP contribution in [0, 0.1) is 12.8 Å². The summed E-state index contributed by atoms with van der Waals surface area (Å²) in [5.74, 6) is 1.59. The van der Waals surface area contributed by atoms with Gasteiger partial charge in [0, 0.05) is 6.20 Å². The van der Waals surface area contributed by atoms with Gasteiger partial charge in [-0.1, -0.05) is 19.8 Å². The fourth-order valence-corrected chi connectivity index (χ4v) is 2.38. The van der Waals surface area contributed by atoms with E-state index in [1.807, 2.05) is 13.1 Å². The van der Waals surface area contributed by atoms with E-state index in [0.717, 1.165) is 17.3 Å². The van der Waals surface area contributed by atoms with Gasteiger partial charge in [-0.05, 0) is 43.2 Å². The normalized spacial score (nSPS) is 26.5. The van der Waals surface area contributed by atoms with Crippen LogP contribution in [0.25, 0.3) is 0 Å². The first kappa shape index (κ1) is 10.5. The van der Waals surface area contributed by atoms with Crippen molar-refractivity contribution in [2.45, 2.75) is 45.4 Å². The molecule has 1 saturated carbocycles. The monoisotopic (exact) mass is 204 g/mol. The number of aryl methyl sites for hydroxylation is 1. The van der Waals surface area contributed by atoms with E-state index in [0.29, 0.717) is 5.92 Å². The standard InChI is InChI=1S/C13H20N2/c1-9-3-5-11(6-4-9)12-7-13(14)10(2)15-8-12/h7-9,11H,3-6,14H2,1-2H3. The highest BCUT2D eigenvalue weighted by Gasteiger charge is 2.20. The van der Waals surface area contributed by atoms with Crippen molar-refractivity contribution in [1.82, 2.24) is 4.98 Å². The van der Waals surface area contributed by atoms with Gasteiger partial charge in [-0.3, -0.25) is 4.98 Å². The van der Waals surface area contributed by atoms with E-state index in [1.165, 1.54) is 31.2 Å². The van der Waals surface area contributed by atoms with Crippen LogP contribution in [0.2, 0.25) is 0 Å². The third-order valence-corrected chi connectivity index (χ3v) is 3.63. The molecule has 0 aliphatic heterocycles. The number of anilines is 1. The van der Waals surface area contributed by atoms with Crippen LogP contribution < -0.4 is 5.73 Å². The van der Waals surface area contributed by atoms with E-state index in [1.54, 1.807) is 0 Å². The van der Waals surface area contributed by atoms with Crippen LogP contribution in [-0.2, 0) is 0 Å². The maximum absolute atomic E-state index is 5.89. The molecule has 0 radical (unpaired) electrons. The molecular weight excluding hydrogens is 184 g/mol. The molecule has 82 valence electrons. The van der Waals surface area contributed by atoms with Gasteiger partial charge < -0.3 is 5.73 Å². The average molecular weight is 204 g/mol. The fourth-order valence-electron chi connectivity index (χ4n) is 2.38. The van der Waals surface area contributed by atoms with Gasteiger partial charge in [0.15, 0.2) is 0 Å². The molecule has 0 spiro atoms. The van der Waals surface area contributed by atoms with Crippen LogP contribution in [-0.4, -0.2) is 4.98 Å². The maximum atomic E-state index is 5.89. The van der Waals surface area contributed by atoms with Gasteiger partial charge in [-0.15, -0.1) is 0 Å². The minimum absolute atomic E-state index is 0.691. The molecule has 2 heteroatoms. The third kappa shape index (κ3) is 2.31. The van der Waals surface area contributed by atoms with Crippen LogP contribution >= 0.6 is 0 Å². The zero-order valence-corrected chi connectivity index (χ0v) is 9.66. The minimum atomic E-state index is 0.691. The van der Waals surface area contributed by atoms with Gasteiger partial charge in [0.2, 0.25) is 0 Å². The van der Waals surface area contributed by atoms with Crippen LogP contribution in [0.5, 0.6) is 0 Å². The lowest BCUT2D eigenvalue weighted by molar-refractivity contribution is 0.347. The van der Waals surface area contributed by atoms with Crippen LogP contribution in [0.3, 0.4) is 0 Å². The van der Waals surface area contributed by atoms with Crippen LogP contribution in [0.4, 0.5) is 5.69 Å². The summed E-state index contributed by atoms with van der Waals surface area (Å²) in [5, 5.41) is 0. The van der Waals surface area contributed by atoms with Gasteiger partial charge >= 0.3 is 0 Å². The molecule has 1 aliphatic rings. The Hall–Kier alpha value is -1.05. The van der Waals surface area contributed by atoms with Crippen molar-refractivity contribution in [3.05, 3.63) is 23.5 Å². The second kappa shape index (κ2) is 4.21. The van der Waals surface area contributed by atoms with Gasteiger partial charge in [0.1, 0.15) is 0 Å². The molecule has 0 saturated heterocycles. The summed E-state index contributed by atoms with van der Waals surface area (Å²) in [4.78, 5) is 4.35. The topological polar surface area (TPSA) is 38.9 Å². The van der Waals surface area contributed by atoms with Gasteiger partial charge in [0.05, 0.1) is 11.4 Å². The van der Waals surface area contributed by atoms with Gasteiger partial charge in [0.25, 0.3) is 0 Å². The van der Waals surface area contributed by atoms with Crippen LogP contribution in [0.15, 0.2) is 12.3 Å². The highest BCUT2D eigenvalue weighted by Crippen LogP contribution is 2.35.